The van der Waals surface area contributed by atoms with Gasteiger partial charge in [0.2, 0.25) is 5.82 Å². The molecule has 0 saturated heterocycles. The van der Waals surface area contributed by atoms with Crippen molar-refractivity contribution in [3.8, 4) is 0 Å². The highest BCUT2D eigenvalue weighted by molar-refractivity contribution is 5.24. The molecule has 1 aromatic carbocycles. The zero-order valence-electron chi connectivity index (χ0n) is 8.96. The average molecular weight is 254 g/mol. The number of nitrogens with two attached hydrogens (primary N) is 1. The molecule has 0 spiro atoms. The summed E-state index contributed by atoms with van der Waals surface area (Å²) in [6, 6.07) is -0.301. The minimum absolute atomic E-state index is 0.176. The van der Waals surface area contributed by atoms with Crippen LogP contribution in [-0.2, 0) is 6.54 Å². The first-order valence-corrected chi connectivity index (χ1v) is 4.83. The minimum atomic E-state index is -2.16. The van der Waals surface area contributed by atoms with E-state index in [1.807, 2.05) is 0 Å². The topological polar surface area (TPSA) is 38.0 Å². The molecule has 1 rings (SSSR count). The molecule has 7 heteroatoms. The number of hydrogen-bond donors (Lipinski definition) is 2. The Hall–Kier alpha value is -1.21. The van der Waals surface area contributed by atoms with Crippen molar-refractivity contribution in [1.82, 2.24) is 5.32 Å². The molecule has 0 heterocycles. The largest absolute Gasteiger partial charge is 0.329 e. The van der Waals surface area contributed by atoms with Crippen LogP contribution in [-0.4, -0.2) is 12.6 Å². The SMILES string of the molecule is CC(CN)NCc1c(F)c(F)c(F)c(F)c1F. The van der Waals surface area contributed by atoms with Crippen molar-refractivity contribution in [2.24, 2.45) is 5.73 Å². The molecule has 0 aromatic heterocycles. The van der Waals surface area contributed by atoms with E-state index in [2.05, 4.69) is 5.32 Å². The van der Waals surface area contributed by atoms with Gasteiger partial charge in [-0.3, -0.25) is 0 Å². The van der Waals surface area contributed by atoms with Gasteiger partial charge < -0.3 is 11.1 Å². The van der Waals surface area contributed by atoms with Crippen LogP contribution in [0.4, 0.5) is 22.0 Å². The van der Waals surface area contributed by atoms with E-state index in [9.17, 15) is 22.0 Å². The Balaban J connectivity index is 3.07. The van der Waals surface area contributed by atoms with Gasteiger partial charge in [0.1, 0.15) is 0 Å². The lowest BCUT2D eigenvalue weighted by Crippen LogP contribution is -2.33. The van der Waals surface area contributed by atoms with Gasteiger partial charge in [0.15, 0.2) is 23.3 Å². The molecule has 1 atom stereocenters. The Kier molecular flexibility index (Phi) is 4.41. The van der Waals surface area contributed by atoms with Crippen LogP contribution in [0.5, 0.6) is 0 Å². The molecule has 0 amide bonds. The second-order valence-electron chi connectivity index (χ2n) is 3.57. The summed E-state index contributed by atoms with van der Waals surface area (Å²) in [6.45, 7) is 1.31. The molecule has 1 aromatic rings. The molecule has 0 bridgehead atoms. The summed E-state index contributed by atoms with van der Waals surface area (Å²) in [7, 11) is 0. The molecule has 0 aliphatic rings. The predicted octanol–water partition coefficient (Wildman–Crippen LogP) is 1.82. The van der Waals surface area contributed by atoms with E-state index in [1.54, 1.807) is 6.92 Å². The lowest BCUT2D eigenvalue weighted by atomic mass is 10.1. The summed E-state index contributed by atoms with van der Waals surface area (Å²) in [6.07, 6.45) is 0. The highest BCUT2D eigenvalue weighted by Gasteiger charge is 2.25. The summed E-state index contributed by atoms with van der Waals surface area (Å²) in [5, 5.41) is 2.54. The third-order valence-corrected chi connectivity index (χ3v) is 2.28. The summed E-state index contributed by atoms with van der Waals surface area (Å²) in [5.74, 6) is -9.69. The summed E-state index contributed by atoms with van der Waals surface area (Å²) < 4.78 is 64.6. The third kappa shape index (κ3) is 2.73. The normalized spacial score (nSPS) is 12.9. The maximum absolute atomic E-state index is 13.2. The molecule has 3 N–H and O–H groups in total. The van der Waals surface area contributed by atoms with Crippen molar-refractivity contribution in [2.45, 2.75) is 19.5 Å². The molecular formula is C10H11F5N2. The van der Waals surface area contributed by atoms with Crippen LogP contribution in [0.25, 0.3) is 0 Å². The summed E-state index contributed by atoms with van der Waals surface area (Å²) >= 11 is 0. The van der Waals surface area contributed by atoms with Gasteiger partial charge in [0.25, 0.3) is 0 Å². The zero-order valence-corrected chi connectivity index (χ0v) is 8.96. The predicted molar refractivity (Wildman–Crippen MR) is 51.6 cm³/mol. The first kappa shape index (κ1) is 13.9. The molecule has 0 aliphatic heterocycles. The van der Waals surface area contributed by atoms with E-state index in [4.69, 9.17) is 5.73 Å². The van der Waals surface area contributed by atoms with Gasteiger partial charge in [0.05, 0.1) is 0 Å². The average Bonchev–Trinajstić information content (AvgIpc) is 2.33. The van der Waals surface area contributed by atoms with Crippen LogP contribution in [0.1, 0.15) is 12.5 Å². The van der Waals surface area contributed by atoms with Crippen molar-refractivity contribution in [3.63, 3.8) is 0 Å². The maximum atomic E-state index is 13.2. The van der Waals surface area contributed by atoms with Crippen LogP contribution in [0.15, 0.2) is 0 Å². The van der Waals surface area contributed by atoms with Gasteiger partial charge in [-0.2, -0.15) is 0 Å². The monoisotopic (exact) mass is 254 g/mol. The Morgan fingerprint density at radius 2 is 1.35 bits per heavy atom. The van der Waals surface area contributed by atoms with Gasteiger partial charge in [-0.05, 0) is 6.92 Å². The van der Waals surface area contributed by atoms with Crippen LogP contribution in [0.3, 0.4) is 0 Å². The first-order valence-electron chi connectivity index (χ1n) is 4.83. The lowest BCUT2D eigenvalue weighted by Gasteiger charge is -2.13. The highest BCUT2D eigenvalue weighted by Crippen LogP contribution is 2.22. The van der Waals surface area contributed by atoms with Gasteiger partial charge in [-0.25, -0.2) is 22.0 Å². The van der Waals surface area contributed by atoms with Crippen LogP contribution >= 0.6 is 0 Å². The second-order valence-corrected chi connectivity index (χ2v) is 3.57. The van der Waals surface area contributed by atoms with E-state index in [-0.39, 0.29) is 12.6 Å². The van der Waals surface area contributed by atoms with E-state index >= 15 is 0 Å². The number of nitrogens with one attached hydrogen (secondary N) is 1. The molecule has 17 heavy (non-hydrogen) atoms. The van der Waals surface area contributed by atoms with E-state index < -0.39 is 41.2 Å². The molecule has 0 saturated carbocycles. The highest BCUT2D eigenvalue weighted by atomic mass is 19.2. The first-order chi connectivity index (χ1) is 7.90. The van der Waals surface area contributed by atoms with Crippen LogP contribution in [0, 0.1) is 29.1 Å². The Morgan fingerprint density at radius 1 is 0.941 bits per heavy atom. The Bertz CT molecular complexity index is 393. The molecule has 96 valence electrons. The number of rotatable bonds is 4. The Morgan fingerprint density at radius 3 is 1.76 bits per heavy atom. The molecule has 0 aliphatic carbocycles. The lowest BCUT2D eigenvalue weighted by molar-refractivity contribution is 0.365. The van der Waals surface area contributed by atoms with Crippen molar-refractivity contribution in [1.29, 1.82) is 0 Å². The van der Waals surface area contributed by atoms with Crippen molar-refractivity contribution in [3.05, 3.63) is 34.6 Å². The fourth-order valence-corrected chi connectivity index (χ4v) is 1.17. The fraction of sp³-hybridized carbons (Fsp3) is 0.400. The van der Waals surface area contributed by atoms with Crippen molar-refractivity contribution >= 4 is 0 Å². The maximum Gasteiger partial charge on any atom is 0.200 e. The summed E-state index contributed by atoms with van der Waals surface area (Å²) in [4.78, 5) is 0. The molecule has 1 unspecified atom stereocenters. The van der Waals surface area contributed by atoms with E-state index in [1.165, 1.54) is 0 Å². The number of benzene rings is 1. The van der Waals surface area contributed by atoms with Crippen molar-refractivity contribution in [2.75, 3.05) is 6.54 Å². The molecular weight excluding hydrogens is 243 g/mol. The fourth-order valence-electron chi connectivity index (χ4n) is 1.17. The molecule has 2 nitrogen and oxygen atoms in total. The summed E-state index contributed by atoms with van der Waals surface area (Å²) in [5.41, 5.74) is 4.35. The zero-order chi connectivity index (χ0) is 13.2. The van der Waals surface area contributed by atoms with Gasteiger partial charge in [0, 0.05) is 24.7 Å². The molecule has 0 fully saturated rings. The third-order valence-electron chi connectivity index (χ3n) is 2.28. The van der Waals surface area contributed by atoms with Crippen molar-refractivity contribution < 1.29 is 22.0 Å². The molecule has 0 radical (unpaired) electrons. The van der Waals surface area contributed by atoms with E-state index in [0.717, 1.165) is 0 Å². The van der Waals surface area contributed by atoms with Crippen LogP contribution in [0.2, 0.25) is 0 Å². The van der Waals surface area contributed by atoms with Crippen LogP contribution < -0.4 is 11.1 Å². The Labute approximate surface area is 94.6 Å². The number of halogens is 5. The standard InChI is InChI=1S/C10H11F5N2/c1-4(2-16)17-3-5-6(11)8(13)10(15)9(14)7(5)12/h4,17H,2-3,16H2,1H3. The van der Waals surface area contributed by atoms with Gasteiger partial charge >= 0.3 is 0 Å². The smallest absolute Gasteiger partial charge is 0.200 e. The quantitative estimate of drug-likeness (QED) is 0.488. The second kappa shape index (κ2) is 5.42. The number of hydrogen-bond acceptors (Lipinski definition) is 2. The van der Waals surface area contributed by atoms with E-state index in [0.29, 0.717) is 0 Å². The van der Waals surface area contributed by atoms with Gasteiger partial charge in [-0.15, -0.1) is 0 Å². The minimum Gasteiger partial charge on any atom is -0.329 e. The van der Waals surface area contributed by atoms with Gasteiger partial charge in [-0.1, -0.05) is 0 Å².